The zero-order valence-electron chi connectivity index (χ0n) is 12.7. The highest BCUT2D eigenvalue weighted by Crippen LogP contribution is 2.09. The Balaban J connectivity index is 1.62. The van der Waals surface area contributed by atoms with Gasteiger partial charge in [0.25, 0.3) is 5.91 Å². The van der Waals surface area contributed by atoms with Gasteiger partial charge < -0.3 is 9.84 Å². The molecule has 0 saturated carbocycles. The number of nitrogens with one attached hydrogen (secondary N) is 1. The Morgan fingerprint density at radius 3 is 2.78 bits per heavy atom. The van der Waals surface area contributed by atoms with Crippen molar-refractivity contribution in [3.05, 3.63) is 42.3 Å². The van der Waals surface area contributed by atoms with Crippen molar-refractivity contribution >= 4 is 5.91 Å². The van der Waals surface area contributed by atoms with Gasteiger partial charge in [-0.25, -0.2) is 9.97 Å². The highest BCUT2D eigenvalue weighted by Gasteiger charge is 2.13. The molecule has 0 aliphatic rings. The fourth-order valence-electron chi connectivity index (χ4n) is 1.83. The SMILES string of the molecule is CC(C)n1cc(C(=O)NCc2nc(-c3ncccn3)no2)cn1. The van der Waals surface area contributed by atoms with Crippen LogP contribution in [0.25, 0.3) is 11.6 Å². The van der Waals surface area contributed by atoms with Crippen LogP contribution >= 0.6 is 0 Å². The molecule has 3 aromatic rings. The Morgan fingerprint density at radius 2 is 2.09 bits per heavy atom. The predicted octanol–water partition coefficient (Wildman–Crippen LogP) is 1.23. The molecule has 3 rings (SSSR count). The first kappa shape index (κ1) is 14.8. The van der Waals surface area contributed by atoms with Gasteiger partial charge in [-0.2, -0.15) is 10.1 Å². The minimum Gasteiger partial charge on any atom is -0.343 e. The van der Waals surface area contributed by atoms with Gasteiger partial charge in [0.2, 0.25) is 17.5 Å². The summed E-state index contributed by atoms with van der Waals surface area (Å²) in [5, 5.41) is 10.6. The lowest BCUT2D eigenvalue weighted by Gasteiger charge is -2.03. The summed E-state index contributed by atoms with van der Waals surface area (Å²) in [6, 6.07) is 1.89. The lowest BCUT2D eigenvalue weighted by atomic mass is 10.3. The number of hydrogen-bond acceptors (Lipinski definition) is 7. The second kappa shape index (κ2) is 6.34. The van der Waals surface area contributed by atoms with Crippen molar-refractivity contribution in [1.82, 2.24) is 35.2 Å². The van der Waals surface area contributed by atoms with Crippen molar-refractivity contribution in [2.24, 2.45) is 0 Å². The van der Waals surface area contributed by atoms with Crippen molar-refractivity contribution < 1.29 is 9.32 Å². The lowest BCUT2D eigenvalue weighted by Crippen LogP contribution is -2.22. The van der Waals surface area contributed by atoms with Gasteiger partial charge >= 0.3 is 0 Å². The van der Waals surface area contributed by atoms with Crippen LogP contribution in [0.15, 0.2) is 35.4 Å². The van der Waals surface area contributed by atoms with E-state index in [4.69, 9.17) is 4.52 Å². The second-order valence-electron chi connectivity index (χ2n) is 5.07. The number of hydrogen-bond donors (Lipinski definition) is 1. The molecule has 3 heterocycles. The number of nitrogens with zero attached hydrogens (tertiary/aromatic N) is 6. The first-order chi connectivity index (χ1) is 11.1. The number of carbonyl (C=O) groups excluding carboxylic acids is 1. The number of carbonyl (C=O) groups is 1. The average molecular weight is 313 g/mol. The summed E-state index contributed by atoms with van der Waals surface area (Å²) in [4.78, 5) is 24.3. The van der Waals surface area contributed by atoms with Gasteiger partial charge in [-0.3, -0.25) is 9.48 Å². The Bertz CT molecular complexity index is 794. The Morgan fingerprint density at radius 1 is 1.30 bits per heavy atom. The average Bonchev–Trinajstić information content (AvgIpc) is 3.23. The van der Waals surface area contributed by atoms with E-state index in [1.807, 2.05) is 13.8 Å². The van der Waals surface area contributed by atoms with Crippen LogP contribution in [0.2, 0.25) is 0 Å². The quantitative estimate of drug-likeness (QED) is 0.754. The molecule has 0 radical (unpaired) electrons. The zero-order valence-corrected chi connectivity index (χ0v) is 12.7. The maximum absolute atomic E-state index is 12.1. The van der Waals surface area contributed by atoms with Gasteiger partial charge in [-0.05, 0) is 19.9 Å². The van der Waals surface area contributed by atoms with Crippen LogP contribution in [0, 0.1) is 0 Å². The number of rotatable bonds is 5. The molecule has 1 N–H and O–H groups in total. The van der Waals surface area contributed by atoms with E-state index in [1.54, 1.807) is 29.3 Å². The minimum atomic E-state index is -0.257. The Kier molecular flexibility index (Phi) is 4.09. The van der Waals surface area contributed by atoms with Crippen LogP contribution in [0.1, 0.15) is 36.1 Å². The van der Waals surface area contributed by atoms with Gasteiger partial charge in [-0.15, -0.1) is 0 Å². The fourth-order valence-corrected chi connectivity index (χ4v) is 1.83. The van der Waals surface area contributed by atoms with Gasteiger partial charge in [0.1, 0.15) is 0 Å². The second-order valence-corrected chi connectivity index (χ2v) is 5.07. The molecule has 1 amide bonds. The maximum Gasteiger partial charge on any atom is 0.254 e. The molecule has 0 saturated heterocycles. The molecule has 9 nitrogen and oxygen atoms in total. The van der Waals surface area contributed by atoms with Crippen LogP contribution in [0.4, 0.5) is 0 Å². The fraction of sp³-hybridized carbons (Fsp3) is 0.286. The van der Waals surface area contributed by atoms with E-state index in [9.17, 15) is 4.79 Å². The summed E-state index contributed by atoms with van der Waals surface area (Å²) >= 11 is 0. The first-order valence-corrected chi connectivity index (χ1v) is 7.06. The summed E-state index contributed by atoms with van der Waals surface area (Å²) in [6.45, 7) is 4.09. The van der Waals surface area contributed by atoms with Gasteiger partial charge in [0.05, 0.1) is 18.3 Å². The molecule has 0 unspecified atom stereocenters. The van der Waals surface area contributed by atoms with E-state index < -0.39 is 0 Å². The summed E-state index contributed by atoms with van der Waals surface area (Å²) < 4.78 is 6.79. The van der Waals surface area contributed by atoms with E-state index in [2.05, 4.69) is 30.5 Å². The van der Waals surface area contributed by atoms with E-state index >= 15 is 0 Å². The summed E-state index contributed by atoms with van der Waals surface area (Å²) in [5.41, 5.74) is 0.477. The topological polar surface area (TPSA) is 112 Å². The molecule has 23 heavy (non-hydrogen) atoms. The molecule has 0 bridgehead atoms. The van der Waals surface area contributed by atoms with Crippen LogP contribution in [-0.4, -0.2) is 35.8 Å². The molecule has 0 aliphatic carbocycles. The lowest BCUT2D eigenvalue weighted by molar-refractivity contribution is 0.0946. The normalized spacial score (nSPS) is 10.9. The van der Waals surface area contributed by atoms with E-state index in [-0.39, 0.29) is 30.2 Å². The van der Waals surface area contributed by atoms with Gasteiger partial charge in [0, 0.05) is 24.6 Å². The maximum atomic E-state index is 12.1. The van der Waals surface area contributed by atoms with Crippen LogP contribution in [0.3, 0.4) is 0 Å². The van der Waals surface area contributed by atoms with Crippen molar-refractivity contribution in [2.45, 2.75) is 26.4 Å². The predicted molar refractivity (Wildman–Crippen MR) is 79.1 cm³/mol. The third-order valence-electron chi connectivity index (χ3n) is 3.03. The molecule has 0 spiro atoms. The van der Waals surface area contributed by atoms with E-state index in [0.717, 1.165) is 0 Å². The van der Waals surface area contributed by atoms with Crippen LogP contribution in [0.5, 0.6) is 0 Å². The van der Waals surface area contributed by atoms with E-state index in [0.29, 0.717) is 11.4 Å². The molecule has 9 heteroatoms. The molecule has 0 atom stereocenters. The number of aromatic nitrogens is 6. The molecule has 0 aromatic carbocycles. The third kappa shape index (κ3) is 3.39. The first-order valence-electron chi connectivity index (χ1n) is 7.06. The van der Waals surface area contributed by atoms with Crippen molar-refractivity contribution in [1.29, 1.82) is 0 Å². The molecule has 0 fully saturated rings. The monoisotopic (exact) mass is 313 g/mol. The van der Waals surface area contributed by atoms with Crippen molar-refractivity contribution in [3.8, 4) is 11.6 Å². The molecule has 0 aliphatic heterocycles. The van der Waals surface area contributed by atoms with Gasteiger partial charge in [-0.1, -0.05) is 5.16 Å². The third-order valence-corrected chi connectivity index (χ3v) is 3.03. The Labute approximate surface area is 131 Å². The smallest absolute Gasteiger partial charge is 0.254 e. The number of amides is 1. The summed E-state index contributed by atoms with van der Waals surface area (Å²) in [7, 11) is 0. The van der Waals surface area contributed by atoms with Gasteiger partial charge in [0.15, 0.2) is 0 Å². The Hall–Kier alpha value is -3.10. The van der Waals surface area contributed by atoms with Crippen molar-refractivity contribution in [2.75, 3.05) is 0 Å². The highest BCUT2D eigenvalue weighted by atomic mass is 16.5. The highest BCUT2D eigenvalue weighted by molar-refractivity contribution is 5.93. The minimum absolute atomic E-state index is 0.117. The zero-order chi connectivity index (χ0) is 16.2. The largest absolute Gasteiger partial charge is 0.343 e. The van der Waals surface area contributed by atoms with Crippen LogP contribution < -0.4 is 5.32 Å². The van der Waals surface area contributed by atoms with E-state index in [1.165, 1.54) is 6.20 Å². The molecular formula is C14H15N7O2. The standard InChI is InChI=1S/C14H15N7O2/c1-9(2)21-8-10(6-18-21)14(22)17-7-11-19-13(20-23-11)12-15-4-3-5-16-12/h3-6,8-9H,7H2,1-2H3,(H,17,22). The van der Waals surface area contributed by atoms with Crippen LogP contribution in [-0.2, 0) is 6.54 Å². The summed E-state index contributed by atoms with van der Waals surface area (Å²) in [5.74, 6) is 0.666. The molecule has 118 valence electrons. The van der Waals surface area contributed by atoms with Crippen molar-refractivity contribution in [3.63, 3.8) is 0 Å². The molecule has 3 aromatic heterocycles. The summed E-state index contributed by atoms with van der Waals surface area (Å²) in [6.07, 6.45) is 6.39. The molecular weight excluding hydrogens is 298 g/mol.